The Balaban J connectivity index is 1.61. The first-order chi connectivity index (χ1) is 12.1. The number of aromatic nitrogens is 1. The minimum absolute atomic E-state index is 0.165. The van der Waals surface area contributed by atoms with Gasteiger partial charge in [-0.05, 0) is 48.6 Å². The molecular weight excluding hydrogens is 319 g/mol. The summed E-state index contributed by atoms with van der Waals surface area (Å²) < 4.78 is 19.7. The number of nitrogens with zero attached hydrogens (tertiary/aromatic N) is 3. The van der Waals surface area contributed by atoms with Gasteiger partial charge in [0.2, 0.25) is 0 Å². The highest BCUT2D eigenvalue weighted by Crippen LogP contribution is 2.24. The van der Waals surface area contributed by atoms with Crippen LogP contribution < -0.4 is 10.5 Å². The maximum absolute atomic E-state index is 14.2. The molecule has 2 heterocycles. The largest absolute Gasteiger partial charge is 0.453 e. The number of guanidine groups is 1. The lowest BCUT2D eigenvalue weighted by atomic mass is 10.00. The van der Waals surface area contributed by atoms with Gasteiger partial charge in [-0.15, -0.1) is 0 Å². The number of rotatable bonds is 4. The zero-order valence-electron chi connectivity index (χ0n) is 14.4. The summed E-state index contributed by atoms with van der Waals surface area (Å²) in [6.07, 6.45) is 5.44. The van der Waals surface area contributed by atoms with Gasteiger partial charge >= 0.3 is 0 Å². The maximum atomic E-state index is 14.2. The molecule has 0 radical (unpaired) electrons. The molecule has 2 N–H and O–H groups in total. The lowest BCUT2D eigenvalue weighted by Gasteiger charge is -2.31. The van der Waals surface area contributed by atoms with Crippen molar-refractivity contribution in [3.05, 3.63) is 54.1 Å². The Morgan fingerprint density at radius 3 is 2.84 bits per heavy atom. The van der Waals surface area contributed by atoms with E-state index in [2.05, 4.69) is 21.8 Å². The Kier molecular flexibility index (Phi) is 5.48. The van der Waals surface area contributed by atoms with Crippen LogP contribution in [0.2, 0.25) is 0 Å². The fourth-order valence-electron chi connectivity index (χ4n) is 2.77. The van der Waals surface area contributed by atoms with Crippen molar-refractivity contribution in [2.75, 3.05) is 13.1 Å². The second kappa shape index (κ2) is 7.96. The Labute approximate surface area is 147 Å². The van der Waals surface area contributed by atoms with Gasteiger partial charge in [-0.1, -0.05) is 13.0 Å². The summed E-state index contributed by atoms with van der Waals surface area (Å²) in [4.78, 5) is 10.4. The van der Waals surface area contributed by atoms with Crippen LogP contribution in [-0.4, -0.2) is 28.9 Å². The van der Waals surface area contributed by atoms with Gasteiger partial charge in [-0.2, -0.15) is 0 Å². The van der Waals surface area contributed by atoms with E-state index in [4.69, 9.17) is 10.5 Å². The molecule has 25 heavy (non-hydrogen) atoms. The van der Waals surface area contributed by atoms with Crippen molar-refractivity contribution in [3.8, 4) is 11.5 Å². The number of piperidine rings is 1. The van der Waals surface area contributed by atoms with Crippen LogP contribution in [0.25, 0.3) is 0 Å². The van der Waals surface area contributed by atoms with Crippen molar-refractivity contribution in [3.63, 3.8) is 0 Å². The Morgan fingerprint density at radius 1 is 1.36 bits per heavy atom. The van der Waals surface area contributed by atoms with E-state index >= 15 is 0 Å². The monoisotopic (exact) mass is 342 g/mol. The first kappa shape index (κ1) is 17.2. The number of hydrogen-bond acceptors (Lipinski definition) is 3. The molecule has 1 aromatic heterocycles. The molecule has 0 saturated carbocycles. The van der Waals surface area contributed by atoms with Gasteiger partial charge in [0, 0.05) is 19.3 Å². The number of benzene rings is 1. The summed E-state index contributed by atoms with van der Waals surface area (Å²) in [5, 5.41) is 0. The molecule has 1 fully saturated rings. The average molecular weight is 342 g/mol. The summed E-state index contributed by atoms with van der Waals surface area (Å²) in [7, 11) is 0. The smallest absolute Gasteiger partial charge is 0.191 e. The normalized spacial score (nSPS) is 16.1. The van der Waals surface area contributed by atoms with Crippen LogP contribution >= 0.6 is 0 Å². The zero-order valence-corrected chi connectivity index (χ0v) is 14.4. The first-order valence-electron chi connectivity index (χ1n) is 8.53. The third-order valence-corrected chi connectivity index (χ3v) is 4.39. The van der Waals surface area contributed by atoms with Crippen molar-refractivity contribution in [2.45, 2.75) is 26.3 Å². The van der Waals surface area contributed by atoms with Crippen LogP contribution in [0.15, 0.2) is 47.7 Å². The van der Waals surface area contributed by atoms with E-state index in [0.717, 1.165) is 37.4 Å². The molecule has 3 rings (SSSR count). The zero-order chi connectivity index (χ0) is 17.6. The van der Waals surface area contributed by atoms with Crippen LogP contribution in [0, 0.1) is 11.7 Å². The van der Waals surface area contributed by atoms with Crippen LogP contribution in [0.5, 0.6) is 11.5 Å². The number of halogens is 1. The fourth-order valence-corrected chi connectivity index (χ4v) is 2.77. The summed E-state index contributed by atoms with van der Waals surface area (Å²) in [6.45, 7) is 4.47. The molecule has 0 spiro atoms. The predicted molar refractivity (Wildman–Crippen MR) is 96.0 cm³/mol. The molecule has 0 atom stereocenters. The molecular formula is C19H23FN4O. The van der Waals surface area contributed by atoms with Crippen molar-refractivity contribution in [1.29, 1.82) is 0 Å². The van der Waals surface area contributed by atoms with Gasteiger partial charge in [-0.3, -0.25) is 4.98 Å². The van der Waals surface area contributed by atoms with Crippen molar-refractivity contribution in [2.24, 2.45) is 16.6 Å². The minimum Gasteiger partial charge on any atom is -0.453 e. The Hall–Kier alpha value is -2.63. The molecule has 6 heteroatoms. The lowest BCUT2D eigenvalue weighted by molar-refractivity contribution is 0.277. The molecule has 0 bridgehead atoms. The van der Waals surface area contributed by atoms with Gasteiger partial charge in [-0.25, -0.2) is 9.38 Å². The third kappa shape index (κ3) is 4.68. The average Bonchev–Trinajstić information content (AvgIpc) is 2.63. The highest BCUT2D eigenvalue weighted by molar-refractivity contribution is 5.78. The van der Waals surface area contributed by atoms with Crippen LogP contribution in [0.3, 0.4) is 0 Å². The molecule has 0 aliphatic carbocycles. The second-order valence-corrected chi connectivity index (χ2v) is 6.40. The maximum Gasteiger partial charge on any atom is 0.191 e. The summed E-state index contributed by atoms with van der Waals surface area (Å²) in [5.74, 6) is 1.50. The molecule has 1 aliphatic rings. The number of nitrogens with two attached hydrogens (primary N) is 1. The lowest BCUT2D eigenvalue weighted by Crippen LogP contribution is -2.42. The van der Waals surface area contributed by atoms with E-state index in [0.29, 0.717) is 18.3 Å². The van der Waals surface area contributed by atoms with E-state index in [1.807, 2.05) is 0 Å². The third-order valence-electron chi connectivity index (χ3n) is 4.39. The Bertz CT molecular complexity index is 727. The van der Waals surface area contributed by atoms with E-state index in [-0.39, 0.29) is 5.75 Å². The molecule has 1 saturated heterocycles. The molecule has 0 amide bonds. The minimum atomic E-state index is -0.429. The van der Waals surface area contributed by atoms with Gasteiger partial charge in [0.15, 0.2) is 17.5 Å². The summed E-state index contributed by atoms with van der Waals surface area (Å²) >= 11 is 0. The number of ether oxygens (including phenoxy) is 1. The molecule has 2 aromatic rings. The molecule has 132 valence electrons. The molecule has 1 aromatic carbocycles. The highest BCUT2D eigenvalue weighted by atomic mass is 19.1. The van der Waals surface area contributed by atoms with Crippen LogP contribution in [0.4, 0.5) is 4.39 Å². The van der Waals surface area contributed by atoms with Gasteiger partial charge in [0.25, 0.3) is 0 Å². The van der Waals surface area contributed by atoms with Gasteiger partial charge in [0.1, 0.15) is 5.75 Å². The number of likely N-dealkylation sites (tertiary alicyclic amines) is 1. The standard InChI is InChI=1S/C19H23FN4O/c1-14-6-9-24(10-7-14)19(21)23-12-15-4-5-18(17(20)11-15)25-16-3-2-8-22-13-16/h2-5,8,11,13-14H,6-7,9-10,12H2,1H3,(H2,21,23). The van der Waals surface area contributed by atoms with E-state index < -0.39 is 5.82 Å². The first-order valence-corrected chi connectivity index (χ1v) is 8.53. The number of pyridine rings is 1. The molecule has 0 unspecified atom stereocenters. The molecule has 5 nitrogen and oxygen atoms in total. The molecule has 1 aliphatic heterocycles. The van der Waals surface area contributed by atoms with Crippen molar-refractivity contribution in [1.82, 2.24) is 9.88 Å². The SMILES string of the molecule is CC1CCN(C(N)=NCc2ccc(Oc3cccnc3)c(F)c2)CC1. The summed E-state index contributed by atoms with van der Waals surface area (Å²) in [6, 6.07) is 8.29. The van der Waals surface area contributed by atoms with Gasteiger partial charge in [0.05, 0.1) is 12.7 Å². The second-order valence-electron chi connectivity index (χ2n) is 6.40. The van der Waals surface area contributed by atoms with Crippen LogP contribution in [-0.2, 0) is 6.54 Å². The predicted octanol–water partition coefficient (Wildman–Crippen LogP) is 3.56. The number of hydrogen-bond donors (Lipinski definition) is 1. The van der Waals surface area contributed by atoms with E-state index in [1.165, 1.54) is 12.3 Å². The topological polar surface area (TPSA) is 63.7 Å². The van der Waals surface area contributed by atoms with E-state index in [9.17, 15) is 4.39 Å². The number of aliphatic imine (C=N–C) groups is 1. The van der Waals surface area contributed by atoms with Gasteiger partial charge < -0.3 is 15.4 Å². The summed E-state index contributed by atoms with van der Waals surface area (Å²) in [5.41, 5.74) is 6.82. The highest BCUT2D eigenvalue weighted by Gasteiger charge is 2.16. The Morgan fingerprint density at radius 2 is 2.16 bits per heavy atom. The van der Waals surface area contributed by atoms with E-state index in [1.54, 1.807) is 30.5 Å². The van der Waals surface area contributed by atoms with Crippen molar-refractivity contribution >= 4 is 5.96 Å². The van der Waals surface area contributed by atoms with Crippen molar-refractivity contribution < 1.29 is 9.13 Å². The van der Waals surface area contributed by atoms with Crippen LogP contribution in [0.1, 0.15) is 25.3 Å². The quantitative estimate of drug-likeness (QED) is 0.682. The fraction of sp³-hybridized carbons (Fsp3) is 0.368.